The number of fused-ring (bicyclic) bond motifs is 2. The van der Waals surface area contributed by atoms with Gasteiger partial charge in [-0.3, -0.25) is 0 Å². The lowest BCUT2D eigenvalue weighted by molar-refractivity contribution is 0.0533. The van der Waals surface area contributed by atoms with E-state index in [1.54, 1.807) is 12.1 Å². The van der Waals surface area contributed by atoms with E-state index in [1.165, 1.54) is 6.07 Å². The predicted octanol–water partition coefficient (Wildman–Crippen LogP) is 2.49. The van der Waals surface area contributed by atoms with Crippen molar-refractivity contribution in [1.29, 1.82) is 0 Å². The van der Waals surface area contributed by atoms with Gasteiger partial charge in [-0.1, -0.05) is 12.1 Å². The van der Waals surface area contributed by atoms with Gasteiger partial charge in [0, 0.05) is 31.2 Å². The van der Waals surface area contributed by atoms with Gasteiger partial charge in [0.15, 0.2) is 0 Å². The first-order valence-electron chi connectivity index (χ1n) is 9.38. The van der Waals surface area contributed by atoms with Gasteiger partial charge in [-0.05, 0) is 50.7 Å². The van der Waals surface area contributed by atoms with Gasteiger partial charge in [-0.25, -0.2) is 9.18 Å². The van der Waals surface area contributed by atoms with Crippen LogP contribution in [0.1, 0.15) is 38.5 Å². The highest BCUT2D eigenvalue weighted by molar-refractivity contribution is 5.76. The Labute approximate surface area is 147 Å². The lowest BCUT2D eigenvalue weighted by Gasteiger charge is -2.40. The van der Waals surface area contributed by atoms with Gasteiger partial charge in [0.25, 0.3) is 0 Å². The van der Waals surface area contributed by atoms with Crippen molar-refractivity contribution >= 4 is 11.7 Å². The molecule has 3 aliphatic heterocycles. The van der Waals surface area contributed by atoms with E-state index in [4.69, 9.17) is 0 Å². The first kappa shape index (κ1) is 16.6. The van der Waals surface area contributed by atoms with Crippen molar-refractivity contribution in [3.05, 3.63) is 30.1 Å². The first-order chi connectivity index (χ1) is 12.1. The molecule has 25 heavy (non-hydrogen) atoms. The quantitative estimate of drug-likeness (QED) is 0.864. The largest absolute Gasteiger partial charge is 0.393 e. The molecule has 6 heteroatoms. The average Bonchev–Trinajstić information content (AvgIpc) is 2.87. The molecule has 2 N–H and O–H groups in total. The molecular formula is C19H26FN3O2. The fourth-order valence-electron chi connectivity index (χ4n) is 4.75. The molecule has 2 bridgehead atoms. The predicted molar refractivity (Wildman–Crippen MR) is 94.1 cm³/mol. The minimum Gasteiger partial charge on any atom is -0.393 e. The fourth-order valence-corrected chi connectivity index (χ4v) is 4.75. The second kappa shape index (κ2) is 6.83. The number of rotatable bonds is 2. The monoisotopic (exact) mass is 347 g/mol. The van der Waals surface area contributed by atoms with Crippen LogP contribution in [0.4, 0.5) is 14.9 Å². The van der Waals surface area contributed by atoms with Crippen LogP contribution in [0.15, 0.2) is 24.3 Å². The molecule has 1 aromatic rings. The van der Waals surface area contributed by atoms with Crippen molar-refractivity contribution < 1.29 is 14.3 Å². The zero-order valence-corrected chi connectivity index (χ0v) is 14.4. The Morgan fingerprint density at radius 2 is 1.88 bits per heavy atom. The van der Waals surface area contributed by atoms with Crippen molar-refractivity contribution in [2.45, 2.75) is 62.8 Å². The maximum Gasteiger partial charge on any atom is 0.318 e. The van der Waals surface area contributed by atoms with Gasteiger partial charge in [0.05, 0.1) is 11.8 Å². The van der Waals surface area contributed by atoms with E-state index >= 15 is 0 Å². The number of nitrogens with zero attached hydrogens (tertiary/aromatic N) is 2. The van der Waals surface area contributed by atoms with Crippen molar-refractivity contribution in [2.75, 3.05) is 18.0 Å². The van der Waals surface area contributed by atoms with Crippen LogP contribution in [0.3, 0.4) is 0 Å². The van der Waals surface area contributed by atoms with Crippen molar-refractivity contribution in [1.82, 2.24) is 10.2 Å². The van der Waals surface area contributed by atoms with Gasteiger partial charge < -0.3 is 20.2 Å². The number of urea groups is 1. The van der Waals surface area contributed by atoms with Crippen molar-refractivity contribution in [3.63, 3.8) is 0 Å². The van der Waals surface area contributed by atoms with Gasteiger partial charge in [0.1, 0.15) is 5.82 Å². The van der Waals surface area contributed by atoms with Crippen LogP contribution in [-0.2, 0) is 0 Å². The van der Waals surface area contributed by atoms with E-state index in [0.29, 0.717) is 25.1 Å². The van der Waals surface area contributed by atoms with Gasteiger partial charge >= 0.3 is 6.03 Å². The van der Waals surface area contributed by atoms with Crippen molar-refractivity contribution in [3.8, 4) is 0 Å². The molecule has 3 saturated heterocycles. The summed E-state index contributed by atoms with van der Waals surface area (Å²) in [6, 6.07) is 7.17. The fraction of sp³-hybridized carbons (Fsp3) is 0.632. The number of piperidine rings is 2. The highest BCUT2D eigenvalue weighted by atomic mass is 19.1. The minimum absolute atomic E-state index is 0.0141. The molecular weight excluding hydrogens is 321 g/mol. The second-order valence-electron chi connectivity index (χ2n) is 7.60. The number of nitrogens with one attached hydrogen (secondary N) is 1. The Morgan fingerprint density at radius 3 is 2.60 bits per heavy atom. The Kier molecular flexibility index (Phi) is 4.54. The molecule has 0 spiro atoms. The number of aliphatic hydroxyl groups is 1. The third-order valence-corrected chi connectivity index (χ3v) is 5.88. The summed E-state index contributed by atoms with van der Waals surface area (Å²) in [6.07, 6.45) is 4.94. The molecule has 3 atom stereocenters. The van der Waals surface area contributed by atoms with Gasteiger partial charge in [-0.2, -0.15) is 0 Å². The number of halogens is 1. The summed E-state index contributed by atoms with van der Waals surface area (Å²) in [5.41, 5.74) is 0.614. The molecule has 3 heterocycles. The van der Waals surface area contributed by atoms with Gasteiger partial charge in [-0.15, -0.1) is 0 Å². The molecule has 3 aliphatic rings. The zero-order chi connectivity index (χ0) is 17.4. The van der Waals surface area contributed by atoms with Crippen LogP contribution in [0.25, 0.3) is 0 Å². The maximum atomic E-state index is 14.0. The number of hydrogen-bond donors (Lipinski definition) is 2. The average molecular weight is 347 g/mol. The molecule has 0 aromatic heterocycles. The van der Waals surface area contributed by atoms with E-state index in [9.17, 15) is 14.3 Å². The van der Waals surface area contributed by atoms with Crippen LogP contribution in [0.5, 0.6) is 0 Å². The summed E-state index contributed by atoms with van der Waals surface area (Å²) in [5.74, 6) is -0.211. The number of amides is 2. The molecule has 2 amide bonds. The van der Waals surface area contributed by atoms with E-state index in [1.807, 2.05) is 15.9 Å². The Balaban J connectivity index is 1.39. The topological polar surface area (TPSA) is 55.8 Å². The molecule has 1 aromatic carbocycles. The second-order valence-corrected chi connectivity index (χ2v) is 7.60. The first-order valence-corrected chi connectivity index (χ1v) is 9.38. The number of carbonyl (C=O) groups is 1. The molecule has 0 saturated carbocycles. The third kappa shape index (κ3) is 3.32. The molecule has 0 aliphatic carbocycles. The molecule has 136 valence electrons. The summed E-state index contributed by atoms with van der Waals surface area (Å²) in [4.78, 5) is 16.8. The number of carbonyl (C=O) groups excluding carboxylic acids is 1. The summed E-state index contributed by atoms with van der Waals surface area (Å²) in [6.45, 7) is 1.45. The van der Waals surface area contributed by atoms with Crippen LogP contribution >= 0.6 is 0 Å². The van der Waals surface area contributed by atoms with E-state index in [0.717, 1.165) is 32.2 Å². The smallest absolute Gasteiger partial charge is 0.318 e. The Hall–Kier alpha value is -1.82. The summed E-state index contributed by atoms with van der Waals surface area (Å²) in [5, 5.41) is 13.1. The third-order valence-electron chi connectivity index (χ3n) is 5.88. The van der Waals surface area contributed by atoms with Gasteiger partial charge in [0.2, 0.25) is 0 Å². The van der Waals surface area contributed by atoms with E-state index < -0.39 is 0 Å². The van der Waals surface area contributed by atoms with Crippen LogP contribution < -0.4 is 10.2 Å². The van der Waals surface area contributed by atoms with Crippen LogP contribution in [0.2, 0.25) is 0 Å². The number of para-hydroxylation sites is 1. The van der Waals surface area contributed by atoms with E-state index in [-0.39, 0.29) is 36.1 Å². The molecule has 4 rings (SSSR count). The highest BCUT2D eigenvalue weighted by Crippen LogP contribution is 2.35. The Bertz CT molecular complexity index is 627. The van der Waals surface area contributed by atoms with Crippen LogP contribution in [-0.4, -0.2) is 53.4 Å². The lowest BCUT2D eigenvalue weighted by Crippen LogP contribution is -2.56. The number of aliphatic hydroxyl groups excluding tert-OH is 1. The van der Waals surface area contributed by atoms with Crippen molar-refractivity contribution in [2.24, 2.45) is 0 Å². The SMILES string of the molecule is O=C(NC1CCCN(c2ccccc2F)C1)N1C2CCC1CC(O)C2. The van der Waals surface area contributed by atoms with Crippen LogP contribution in [0, 0.1) is 5.82 Å². The zero-order valence-electron chi connectivity index (χ0n) is 14.4. The summed E-state index contributed by atoms with van der Waals surface area (Å²) < 4.78 is 14.0. The summed E-state index contributed by atoms with van der Waals surface area (Å²) in [7, 11) is 0. The lowest BCUT2D eigenvalue weighted by atomic mass is 10.00. The maximum absolute atomic E-state index is 14.0. The highest BCUT2D eigenvalue weighted by Gasteiger charge is 2.43. The molecule has 3 unspecified atom stereocenters. The summed E-state index contributed by atoms with van der Waals surface area (Å²) >= 11 is 0. The number of anilines is 1. The normalized spacial score (nSPS) is 31.9. The number of benzene rings is 1. The number of hydrogen-bond acceptors (Lipinski definition) is 3. The molecule has 3 fully saturated rings. The molecule has 5 nitrogen and oxygen atoms in total. The standard InChI is InChI=1S/C19H26FN3O2/c20-17-5-1-2-6-18(17)22-9-3-4-13(12-22)21-19(25)23-14-7-8-15(23)11-16(24)10-14/h1-2,5-6,13-16,24H,3-4,7-12H2,(H,21,25). The molecule has 0 radical (unpaired) electrons. The Morgan fingerprint density at radius 1 is 1.16 bits per heavy atom. The van der Waals surface area contributed by atoms with E-state index in [2.05, 4.69) is 5.32 Å². The minimum atomic E-state index is -0.271.